The molecule has 102 valence electrons. The quantitative estimate of drug-likeness (QED) is 0.682. The number of nitrogens with zero attached hydrogens (tertiary/aromatic N) is 1. The lowest BCUT2D eigenvalue weighted by Gasteiger charge is -2.08. The fraction of sp³-hybridized carbons (Fsp3) is 0.188. The zero-order chi connectivity index (χ0) is 14.1. The van der Waals surface area contributed by atoms with Crippen LogP contribution >= 0.6 is 11.3 Å². The molecule has 3 nitrogen and oxygen atoms in total. The van der Waals surface area contributed by atoms with E-state index in [0.717, 1.165) is 26.7 Å². The van der Waals surface area contributed by atoms with Gasteiger partial charge in [-0.25, -0.2) is 4.98 Å². The zero-order valence-corrected chi connectivity index (χ0v) is 12.4. The lowest BCUT2D eigenvalue weighted by molar-refractivity contribution is 0.867. The third-order valence-electron chi connectivity index (χ3n) is 3.22. The molecule has 0 saturated heterocycles. The highest BCUT2D eigenvalue weighted by molar-refractivity contribution is 7.22. The SMILES string of the molecule is CC(C)c1cccc(Nc2nc3ccc(N)cc3s2)c1. The Kier molecular flexibility index (Phi) is 3.32. The molecule has 2 aromatic carbocycles. The van der Waals surface area contributed by atoms with Crippen molar-refractivity contribution in [3.8, 4) is 0 Å². The number of nitrogens with one attached hydrogen (secondary N) is 1. The maximum atomic E-state index is 5.80. The monoisotopic (exact) mass is 283 g/mol. The average molecular weight is 283 g/mol. The van der Waals surface area contributed by atoms with Crippen molar-refractivity contribution in [2.24, 2.45) is 0 Å². The van der Waals surface area contributed by atoms with Crippen LogP contribution in [0.4, 0.5) is 16.5 Å². The van der Waals surface area contributed by atoms with Crippen molar-refractivity contribution < 1.29 is 0 Å². The molecular weight excluding hydrogens is 266 g/mol. The van der Waals surface area contributed by atoms with Crippen LogP contribution in [0.25, 0.3) is 10.2 Å². The van der Waals surface area contributed by atoms with Crippen LogP contribution < -0.4 is 11.1 Å². The first-order valence-electron chi connectivity index (χ1n) is 6.65. The van der Waals surface area contributed by atoms with E-state index in [1.165, 1.54) is 5.56 Å². The highest BCUT2D eigenvalue weighted by Crippen LogP contribution is 2.30. The number of benzene rings is 2. The highest BCUT2D eigenvalue weighted by atomic mass is 32.1. The second-order valence-electron chi connectivity index (χ2n) is 5.15. The molecule has 0 amide bonds. The molecule has 0 aliphatic rings. The second kappa shape index (κ2) is 5.13. The van der Waals surface area contributed by atoms with Gasteiger partial charge in [-0.05, 0) is 41.8 Å². The number of hydrogen-bond acceptors (Lipinski definition) is 4. The van der Waals surface area contributed by atoms with Gasteiger partial charge in [-0.2, -0.15) is 0 Å². The Balaban J connectivity index is 1.90. The highest BCUT2D eigenvalue weighted by Gasteiger charge is 2.05. The summed E-state index contributed by atoms with van der Waals surface area (Å²) in [7, 11) is 0. The van der Waals surface area contributed by atoms with Gasteiger partial charge >= 0.3 is 0 Å². The van der Waals surface area contributed by atoms with Crippen LogP contribution in [0.15, 0.2) is 42.5 Å². The van der Waals surface area contributed by atoms with Gasteiger partial charge in [-0.1, -0.05) is 37.3 Å². The lowest BCUT2D eigenvalue weighted by Crippen LogP contribution is -1.92. The summed E-state index contributed by atoms with van der Waals surface area (Å²) in [5, 5.41) is 4.27. The minimum Gasteiger partial charge on any atom is -0.399 e. The molecule has 0 unspecified atom stereocenters. The van der Waals surface area contributed by atoms with Gasteiger partial charge in [0.05, 0.1) is 10.2 Å². The number of rotatable bonds is 3. The molecule has 20 heavy (non-hydrogen) atoms. The number of nitrogens with two attached hydrogens (primary N) is 1. The Morgan fingerprint density at radius 1 is 1.15 bits per heavy atom. The summed E-state index contributed by atoms with van der Waals surface area (Å²) in [6.07, 6.45) is 0. The number of nitrogen functional groups attached to an aromatic ring is 1. The van der Waals surface area contributed by atoms with E-state index in [4.69, 9.17) is 5.73 Å². The smallest absolute Gasteiger partial charge is 0.188 e. The van der Waals surface area contributed by atoms with Gasteiger partial charge in [-0.3, -0.25) is 0 Å². The Labute approximate surface area is 122 Å². The van der Waals surface area contributed by atoms with E-state index >= 15 is 0 Å². The zero-order valence-electron chi connectivity index (χ0n) is 11.6. The third-order valence-corrected chi connectivity index (χ3v) is 4.15. The molecule has 1 heterocycles. The van der Waals surface area contributed by atoms with Gasteiger partial charge in [0, 0.05) is 11.4 Å². The Hall–Kier alpha value is -2.07. The normalized spacial score (nSPS) is 11.2. The third kappa shape index (κ3) is 2.60. The molecule has 0 spiro atoms. The van der Waals surface area contributed by atoms with Crippen molar-refractivity contribution >= 4 is 38.1 Å². The molecule has 3 rings (SSSR count). The first kappa shape index (κ1) is 12.9. The molecule has 0 bridgehead atoms. The van der Waals surface area contributed by atoms with Crippen molar-refractivity contribution in [3.05, 3.63) is 48.0 Å². The fourth-order valence-corrected chi connectivity index (χ4v) is 3.03. The van der Waals surface area contributed by atoms with Crippen molar-refractivity contribution in [2.45, 2.75) is 19.8 Å². The molecule has 1 aromatic heterocycles. The molecule has 0 saturated carbocycles. The minimum absolute atomic E-state index is 0.520. The number of aromatic nitrogens is 1. The topological polar surface area (TPSA) is 50.9 Å². The molecule has 0 atom stereocenters. The van der Waals surface area contributed by atoms with E-state index in [1.54, 1.807) is 11.3 Å². The maximum absolute atomic E-state index is 5.80. The van der Waals surface area contributed by atoms with Gasteiger partial charge in [0.25, 0.3) is 0 Å². The van der Waals surface area contributed by atoms with Crippen LogP contribution in [-0.4, -0.2) is 4.98 Å². The predicted octanol–water partition coefficient (Wildman–Crippen LogP) is 4.75. The Morgan fingerprint density at radius 3 is 2.80 bits per heavy atom. The summed E-state index contributed by atoms with van der Waals surface area (Å²) in [5.41, 5.74) is 9.94. The van der Waals surface area contributed by atoms with E-state index in [0.29, 0.717) is 5.92 Å². The summed E-state index contributed by atoms with van der Waals surface area (Å²) in [6.45, 7) is 4.39. The van der Waals surface area contributed by atoms with E-state index in [-0.39, 0.29) is 0 Å². The van der Waals surface area contributed by atoms with Gasteiger partial charge < -0.3 is 11.1 Å². The maximum Gasteiger partial charge on any atom is 0.188 e. The number of hydrogen-bond donors (Lipinski definition) is 2. The van der Waals surface area contributed by atoms with Gasteiger partial charge in [-0.15, -0.1) is 0 Å². The number of anilines is 3. The Morgan fingerprint density at radius 2 is 2.00 bits per heavy atom. The summed E-state index contributed by atoms with van der Waals surface area (Å²) >= 11 is 1.62. The van der Waals surface area contributed by atoms with E-state index < -0.39 is 0 Å². The summed E-state index contributed by atoms with van der Waals surface area (Å²) in [5.74, 6) is 0.520. The predicted molar refractivity (Wildman–Crippen MR) is 87.8 cm³/mol. The van der Waals surface area contributed by atoms with E-state index in [1.807, 2.05) is 18.2 Å². The van der Waals surface area contributed by atoms with Crippen LogP contribution in [-0.2, 0) is 0 Å². The van der Waals surface area contributed by atoms with Crippen molar-refractivity contribution in [3.63, 3.8) is 0 Å². The van der Waals surface area contributed by atoms with Crippen LogP contribution in [0, 0.1) is 0 Å². The molecule has 0 aliphatic carbocycles. The number of fused-ring (bicyclic) bond motifs is 1. The standard InChI is InChI=1S/C16H17N3S/c1-10(2)11-4-3-5-13(8-11)18-16-19-14-7-6-12(17)9-15(14)20-16/h3-10H,17H2,1-2H3,(H,18,19). The first-order valence-corrected chi connectivity index (χ1v) is 7.46. The number of thiazole rings is 1. The van der Waals surface area contributed by atoms with Crippen LogP contribution in [0.1, 0.15) is 25.3 Å². The van der Waals surface area contributed by atoms with Crippen molar-refractivity contribution in [2.75, 3.05) is 11.1 Å². The van der Waals surface area contributed by atoms with Crippen molar-refractivity contribution in [1.82, 2.24) is 4.98 Å². The molecule has 0 radical (unpaired) electrons. The summed E-state index contributed by atoms with van der Waals surface area (Å²) in [6, 6.07) is 14.3. The molecule has 0 fully saturated rings. The van der Waals surface area contributed by atoms with Crippen LogP contribution in [0.2, 0.25) is 0 Å². The van der Waals surface area contributed by atoms with Crippen LogP contribution in [0.3, 0.4) is 0 Å². The first-order chi connectivity index (χ1) is 9.61. The van der Waals surface area contributed by atoms with E-state index in [2.05, 4.69) is 48.4 Å². The largest absolute Gasteiger partial charge is 0.399 e. The van der Waals surface area contributed by atoms with Gasteiger partial charge in [0.1, 0.15) is 0 Å². The van der Waals surface area contributed by atoms with Gasteiger partial charge in [0.2, 0.25) is 0 Å². The molecule has 4 heteroatoms. The van der Waals surface area contributed by atoms with E-state index in [9.17, 15) is 0 Å². The minimum atomic E-state index is 0.520. The van der Waals surface area contributed by atoms with Crippen LogP contribution in [0.5, 0.6) is 0 Å². The average Bonchev–Trinajstić information content (AvgIpc) is 2.80. The van der Waals surface area contributed by atoms with Crippen molar-refractivity contribution in [1.29, 1.82) is 0 Å². The summed E-state index contributed by atoms with van der Waals surface area (Å²) < 4.78 is 1.10. The van der Waals surface area contributed by atoms with Gasteiger partial charge in [0.15, 0.2) is 5.13 Å². The molecule has 3 N–H and O–H groups in total. The molecular formula is C16H17N3S. The molecule has 3 aromatic rings. The second-order valence-corrected chi connectivity index (χ2v) is 6.18. The Bertz CT molecular complexity index is 746. The summed E-state index contributed by atoms with van der Waals surface area (Å²) in [4.78, 5) is 4.58. The molecule has 0 aliphatic heterocycles. The fourth-order valence-electron chi connectivity index (χ4n) is 2.09. The lowest BCUT2D eigenvalue weighted by atomic mass is 10.0.